The van der Waals surface area contributed by atoms with Crippen LogP contribution in [0.15, 0.2) is 51.7 Å². The van der Waals surface area contributed by atoms with Gasteiger partial charge in [0.05, 0.1) is 0 Å². The number of carbonyl (C=O) groups excluding carboxylic acids is 1. The number of halogens is 1. The maximum absolute atomic E-state index is 13.1. The Kier molecular flexibility index (Phi) is 5.55. The summed E-state index contributed by atoms with van der Waals surface area (Å²) in [6.07, 6.45) is 0.671. The number of amides is 1. The number of carbonyl (C=O) groups is 1. The second-order valence-corrected chi connectivity index (χ2v) is 7.50. The van der Waals surface area contributed by atoms with Crippen molar-refractivity contribution in [1.29, 1.82) is 0 Å². The van der Waals surface area contributed by atoms with Gasteiger partial charge in [-0.15, -0.1) is 0 Å². The second-order valence-electron chi connectivity index (χ2n) is 7.50. The summed E-state index contributed by atoms with van der Waals surface area (Å²) in [4.78, 5) is 28.5. The highest BCUT2D eigenvalue weighted by molar-refractivity contribution is 5.94. The van der Waals surface area contributed by atoms with Gasteiger partial charge in [-0.2, -0.15) is 0 Å². The van der Waals surface area contributed by atoms with Crippen molar-refractivity contribution in [3.8, 4) is 5.75 Å². The number of phenolic OH excluding ortho intramolecular Hbond substituents is 1. The Balaban J connectivity index is 1.48. The lowest BCUT2D eigenvalue weighted by atomic mass is 10.0. The standard InChI is InChI=1S/C23H23FN2O4/c1-2-15-11-19-17(12-22(28)30-21(19)13-20(15)27)14-25-7-9-26(10-8-25)23(29)16-3-5-18(24)6-4-16/h3-6,11-13,27H,2,7-10,14H2,1H3. The zero-order valence-electron chi connectivity index (χ0n) is 16.7. The molecule has 0 bridgehead atoms. The molecule has 1 aliphatic rings. The molecule has 0 unspecified atom stereocenters. The first-order valence-electron chi connectivity index (χ1n) is 10.0. The van der Waals surface area contributed by atoms with E-state index in [0.717, 1.165) is 16.5 Å². The van der Waals surface area contributed by atoms with Crippen LogP contribution in [0.4, 0.5) is 4.39 Å². The van der Waals surface area contributed by atoms with Crippen molar-refractivity contribution in [2.24, 2.45) is 0 Å². The molecular formula is C23H23FN2O4. The smallest absolute Gasteiger partial charge is 0.336 e. The Morgan fingerprint density at radius 3 is 2.43 bits per heavy atom. The van der Waals surface area contributed by atoms with E-state index in [1.54, 1.807) is 4.90 Å². The third-order valence-electron chi connectivity index (χ3n) is 5.55. The van der Waals surface area contributed by atoms with Crippen molar-refractivity contribution in [2.75, 3.05) is 26.2 Å². The van der Waals surface area contributed by atoms with Crippen LogP contribution in [0.3, 0.4) is 0 Å². The lowest BCUT2D eigenvalue weighted by molar-refractivity contribution is 0.0629. The molecule has 1 aromatic heterocycles. The molecule has 7 heteroatoms. The molecule has 0 spiro atoms. The van der Waals surface area contributed by atoms with E-state index in [0.29, 0.717) is 50.3 Å². The van der Waals surface area contributed by atoms with E-state index in [1.807, 2.05) is 13.0 Å². The van der Waals surface area contributed by atoms with Crippen molar-refractivity contribution < 1.29 is 18.7 Å². The Labute approximate surface area is 173 Å². The number of rotatable bonds is 4. The molecule has 3 aromatic rings. The SMILES string of the molecule is CCc1cc2c(CN3CCN(C(=O)c4ccc(F)cc4)CC3)cc(=O)oc2cc1O. The van der Waals surface area contributed by atoms with Crippen LogP contribution in [0.25, 0.3) is 11.0 Å². The van der Waals surface area contributed by atoms with Gasteiger partial charge in [-0.3, -0.25) is 9.69 Å². The van der Waals surface area contributed by atoms with E-state index in [4.69, 9.17) is 4.42 Å². The zero-order chi connectivity index (χ0) is 21.3. The van der Waals surface area contributed by atoms with Gasteiger partial charge >= 0.3 is 5.63 Å². The van der Waals surface area contributed by atoms with E-state index in [-0.39, 0.29) is 17.5 Å². The summed E-state index contributed by atoms with van der Waals surface area (Å²) in [5.41, 5.74) is 2.04. The largest absolute Gasteiger partial charge is 0.508 e. The highest BCUT2D eigenvalue weighted by Crippen LogP contribution is 2.27. The van der Waals surface area contributed by atoms with Crippen molar-refractivity contribution in [3.05, 3.63) is 75.4 Å². The van der Waals surface area contributed by atoms with Crippen LogP contribution in [0, 0.1) is 5.82 Å². The summed E-state index contributed by atoms with van der Waals surface area (Å²) in [7, 11) is 0. The van der Waals surface area contributed by atoms with Crippen LogP contribution in [0.1, 0.15) is 28.4 Å². The molecule has 6 nitrogen and oxygen atoms in total. The number of phenols is 1. The molecule has 156 valence electrons. The highest BCUT2D eigenvalue weighted by atomic mass is 19.1. The molecule has 0 atom stereocenters. The summed E-state index contributed by atoms with van der Waals surface area (Å²) in [5.74, 6) is -0.350. The summed E-state index contributed by atoms with van der Waals surface area (Å²) in [6.45, 7) is 4.93. The molecule has 0 radical (unpaired) electrons. The van der Waals surface area contributed by atoms with Crippen LogP contribution in [-0.2, 0) is 13.0 Å². The van der Waals surface area contributed by atoms with E-state index in [2.05, 4.69) is 4.90 Å². The minimum atomic E-state index is -0.453. The van der Waals surface area contributed by atoms with E-state index < -0.39 is 5.63 Å². The average Bonchev–Trinajstić information content (AvgIpc) is 2.74. The number of hydrogen-bond donors (Lipinski definition) is 1. The third kappa shape index (κ3) is 4.07. The summed E-state index contributed by atoms with van der Waals surface area (Å²) >= 11 is 0. The number of piperazine rings is 1. The molecule has 30 heavy (non-hydrogen) atoms. The van der Waals surface area contributed by atoms with Gasteiger partial charge in [-0.05, 0) is 47.9 Å². The van der Waals surface area contributed by atoms with Crippen LogP contribution < -0.4 is 5.63 Å². The van der Waals surface area contributed by atoms with Crippen molar-refractivity contribution >= 4 is 16.9 Å². The minimum Gasteiger partial charge on any atom is -0.508 e. The number of hydrogen-bond acceptors (Lipinski definition) is 5. The fourth-order valence-corrected chi connectivity index (χ4v) is 3.85. The summed E-state index contributed by atoms with van der Waals surface area (Å²) < 4.78 is 18.3. The fraction of sp³-hybridized carbons (Fsp3) is 0.304. The number of aryl methyl sites for hydroxylation is 1. The molecular weight excluding hydrogens is 387 g/mol. The number of aromatic hydroxyl groups is 1. The van der Waals surface area contributed by atoms with Gasteiger partial charge in [0.15, 0.2) is 0 Å². The van der Waals surface area contributed by atoms with Gasteiger partial charge in [-0.1, -0.05) is 6.92 Å². The van der Waals surface area contributed by atoms with E-state index in [9.17, 15) is 19.1 Å². The number of nitrogens with zero attached hydrogens (tertiary/aromatic N) is 2. The Morgan fingerprint density at radius 2 is 1.77 bits per heavy atom. The predicted molar refractivity (Wildman–Crippen MR) is 111 cm³/mol. The molecule has 1 saturated heterocycles. The summed E-state index contributed by atoms with van der Waals surface area (Å²) in [6, 6.07) is 10.4. The van der Waals surface area contributed by atoms with Crippen LogP contribution in [0.5, 0.6) is 5.75 Å². The average molecular weight is 410 g/mol. The molecule has 1 fully saturated rings. The minimum absolute atomic E-state index is 0.108. The molecule has 4 rings (SSSR count). The zero-order valence-corrected chi connectivity index (χ0v) is 16.7. The van der Waals surface area contributed by atoms with Gasteiger partial charge in [0.2, 0.25) is 0 Å². The second kappa shape index (κ2) is 8.28. The molecule has 1 amide bonds. The van der Waals surface area contributed by atoms with Gasteiger partial charge in [0.25, 0.3) is 5.91 Å². The Bertz CT molecular complexity index is 1130. The highest BCUT2D eigenvalue weighted by Gasteiger charge is 2.23. The topological polar surface area (TPSA) is 74.0 Å². The molecule has 0 aliphatic carbocycles. The quantitative estimate of drug-likeness (QED) is 0.669. The first kappa shape index (κ1) is 20.1. The van der Waals surface area contributed by atoms with Gasteiger partial charge in [0, 0.05) is 55.8 Å². The maximum Gasteiger partial charge on any atom is 0.336 e. The predicted octanol–water partition coefficient (Wildman–Crippen LogP) is 3.16. The lowest BCUT2D eigenvalue weighted by Crippen LogP contribution is -2.48. The molecule has 1 N–H and O–H groups in total. The first-order valence-corrected chi connectivity index (χ1v) is 10.0. The molecule has 2 heterocycles. The maximum atomic E-state index is 13.1. The summed E-state index contributed by atoms with van der Waals surface area (Å²) in [5, 5.41) is 10.9. The first-order chi connectivity index (χ1) is 14.4. The molecule has 0 saturated carbocycles. The van der Waals surface area contributed by atoms with E-state index in [1.165, 1.54) is 36.4 Å². The van der Waals surface area contributed by atoms with Crippen LogP contribution in [0.2, 0.25) is 0 Å². The number of fused-ring (bicyclic) bond motifs is 1. The normalized spacial score (nSPS) is 14.9. The van der Waals surface area contributed by atoms with E-state index >= 15 is 0 Å². The van der Waals surface area contributed by atoms with Crippen LogP contribution >= 0.6 is 0 Å². The third-order valence-corrected chi connectivity index (χ3v) is 5.55. The van der Waals surface area contributed by atoms with Gasteiger partial charge in [0.1, 0.15) is 17.1 Å². The number of benzene rings is 2. The molecule has 1 aliphatic heterocycles. The lowest BCUT2D eigenvalue weighted by Gasteiger charge is -2.35. The van der Waals surface area contributed by atoms with Gasteiger partial charge in [-0.25, -0.2) is 9.18 Å². The van der Waals surface area contributed by atoms with Crippen molar-refractivity contribution in [1.82, 2.24) is 9.80 Å². The van der Waals surface area contributed by atoms with Crippen molar-refractivity contribution in [2.45, 2.75) is 19.9 Å². The molecule has 2 aromatic carbocycles. The fourth-order valence-electron chi connectivity index (χ4n) is 3.85. The Morgan fingerprint density at radius 1 is 1.07 bits per heavy atom. The van der Waals surface area contributed by atoms with Crippen molar-refractivity contribution in [3.63, 3.8) is 0 Å². The Hall–Kier alpha value is -3.19. The van der Waals surface area contributed by atoms with Crippen LogP contribution in [-0.4, -0.2) is 47.0 Å². The monoisotopic (exact) mass is 410 g/mol. The van der Waals surface area contributed by atoms with Gasteiger partial charge < -0.3 is 14.4 Å².